The van der Waals surface area contributed by atoms with Crippen LogP contribution >= 0.6 is 23.1 Å². The lowest BCUT2D eigenvalue weighted by atomic mass is 10.4. The van der Waals surface area contributed by atoms with Crippen LogP contribution in [0.2, 0.25) is 0 Å². The van der Waals surface area contributed by atoms with Crippen LogP contribution in [-0.2, 0) is 0 Å². The standard InChI is InChI=1S/C20H20N8S2/c1-11-8-13(3)27(24-11)19-21-16(10-17-26(5)18-15(30-17)6-7-29-18)22-20(23-19)28-14(4)9-12(2)25-28/h6-10H,1-5H3/b17-10-. The van der Waals surface area contributed by atoms with Gasteiger partial charge in [0.1, 0.15) is 5.00 Å². The third-order valence-corrected chi connectivity index (χ3v) is 7.01. The summed E-state index contributed by atoms with van der Waals surface area (Å²) in [5.74, 6) is 1.52. The molecule has 0 spiro atoms. The summed E-state index contributed by atoms with van der Waals surface area (Å²) >= 11 is 3.44. The van der Waals surface area contributed by atoms with E-state index in [1.54, 1.807) is 32.5 Å². The van der Waals surface area contributed by atoms with Crippen LogP contribution in [0.1, 0.15) is 28.6 Å². The van der Waals surface area contributed by atoms with Gasteiger partial charge in [0, 0.05) is 29.4 Å². The highest BCUT2D eigenvalue weighted by Gasteiger charge is 2.24. The highest BCUT2D eigenvalue weighted by atomic mass is 32.2. The zero-order valence-electron chi connectivity index (χ0n) is 17.3. The van der Waals surface area contributed by atoms with Crippen LogP contribution < -0.4 is 4.90 Å². The maximum absolute atomic E-state index is 4.71. The van der Waals surface area contributed by atoms with Gasteiger partial charge in [-0.1, -0.05) is 11.8 Å². The van der Waals surface area contributed by atoms with Crippen LogP contribution in [0.15, 0.2) is 33.5 Å². The van der Waals surface area contributed by atoms with Gasteiger partial charge in [-0.25, -0.2) is 9.36 Å². The molecule has 0 aliphatic carbocycles. The van der Waals surface area contributed by atoms with E-state index in [4.69, 9.17) is 9.97 Å². The number of aromatic nitrogens is 7. The number of hydrogen-bond acceptors (Lipinski definition) is 8. The van der Waals surface area contributed by atoms with Crippen molar-refractivity contribution < 1.29 is 0 Å². The number of rotatable bonds is 3. The summed E-state index contributed by atoms with van der Waals surface area (Å²) in [5, 5.41) is 13.5. The Balaban J connectivity index is 1.65. The summed E-state index contributed by atoms with van der Waals surface area (Å²) in [6.45, 7) is 7.89. The molecule has 30 heavy (non-hydrogen) atoms. The number of fused-ring (bicyclic) bond motifs is 1. The van der Waals surface area contributed by atoms with E-state index in [0.29, 0.717) is 17.7 Å². The van der Waals surface area contributed by atoms with E-state index in [9.17, 15) is 0 Å². The molecule has 0 saturated carbocycles. The first-order valence-electron chi connectivity index (χ1n) is 9.43. The van der Waals surface area contributed by atoms with E-state index < -0.39 is 0 Å². The minimum Gasteiger partial charge on any atom is -0.330 e. The van der Waals surface area contributed by atoms with Gasteiger partial charge in [0.2, 0.25) is 0 Å². The highest BCUT2D eigenvalue weighted by molar-refractivity contribution is 8.04. The number of hydrogen-bond donors (Lipinski definition) is 0. The van der Waals surface area contributed by atoms with Crippen LogP contribution in [-0.4, -0.2) is 41.6 Å². The fraction of sp³-hybridized carbons (Fsp3) is 0.250. The van der Waals surface area contributed by atoms with Crippen molar-refractivity contribution in [3.05, 3.63) is 57.2 Å². The Morgan fingerprint density at radius 1 is 0.867 bits per heavy atom. The minimum absolute atomic E-state index is 0.477. The molecule has 4 aromatic heterocycles. The summed E-state index contributed by atoms with van der Waals surface area (Å²) < 4.78 is 3.49. The number of anilines is 1. The first kappa shape index (κ1) is 19.0. The monoisotopic (exact) mass is 436 g/mol. The molecule has 0 fully saturated rings. The van der Waals surface area contributed by atoms with Crippen molar-refractivity contribution in [2.75, 3.05) is 11.9 Å². The number of thiophene rings is 1. The second kappa shape index (κ2) is 7.06. The van der Waals surface area contributed by atoms with Crippen molar-refractivity contribution >= 4 is 34.2 Å². The van der Waals surface area contributed by atoms with Crippen molar-refractivity contribution in [2.45, 2.75) is 32.6 Å². The van der Waals surface area contributed by atoms with Crippen molar-refractivity contribution in [1.82, 2.24) is 34.5 Å². The molecule has 152 valence electrons. The normalized spacial score (nSPS) is 14.7. The Morgan fingerprint density at radius 2 is 1.47 bits per heavy atom. The maximum Gasteiger partial charge on any atom is 0.256 e. The van der Waals surface area contributed by atoms with Crippen molar-refractivity contribution in [3.63, 3.8) is 0 Å². The molecule has 0 saturated heterocycles. The predicted octanol–water partition coefficient (Wildman–Crippen LogP) is 4.08. The summed E-state index contributed by atoms with van der Waals surface area (Å²) in [6.07, 6.45) is 1.99. The molecule has 0 aromatic carbocycles. The molecule has 0 atom stereocenters. The van der Waals surface area contributed by atoms with Gasteiger partial charge in [0.25, 0.3) is 11.9 Å². The minimum atomic E-state index is 0.477. The van der Waals surface area contributed by atoms with Crippen molar-refractivity contribution in [1.29, 1.82) is 0 Å². The molecule has 0 bridgehead atoms. The number of nitrogens with zero attached hydrogens (tertiary/aromatic N) is 8. The quantitative estimate of drug-likeness (QED) is 0.479. The third-order valence-electron chi connectivity index (χ3n) is 4.74. The Morgan fingerprint density at radius 3 is 1.97 bits per heavy atom. The Kier molecular flexibility index (Phi) is 4.48. The van der Waals surface area contributed by atoms with E-state index in [2.05, 4.69) is 38.6 Å². The van der Waals surface area contributed by atoms with Gasteiger partial charge in [-0.05, 0) is 51.3 Å². The molecule has 10 heteroatoms. The highest BCUT2D eigenvalue weighted by Crippen LogP contribution is 2.48. The maximum atomic E-state index is 4.71. The van der Waals surface area contributed by atoms with Crippen LogP contribution in [0, 0.1) is 27.7 Å². The van der Waals surface area contributed by atoms with E-state index in [1.807, 2.05) is 45.9 Å². The van der Waals surface area contributed by atoms with Crippen LogP contribution in [0.5, 0.6) is 0 Å². The predicted molar refractivity (Wildman–Crippen MR) is 120 cm³/mol. The molecule has 0 radical (unpaired) electrons. The zero-order chi connectivity index (χ0) is 21.0. The van der Waals surface area contributed by atoms with Crippen LogP contribution in [0.4, 0.5) is 5.00 Å². The van der Waals surface area contributed by atoms with Crippen molar-refractivity contribution in [2.24, 2.45) is 0 Å². The molecule has 1 aliphatic rings. The van der Waals surface area contributed by atoms with Gasteiger partial charge in [0.15, 0.2) is 5.82 Å². The topological polar surface area (TPSA) is 77.5 Å². The van der Waals surface area contributed by atoms with E-state index >= 15 is 0 Å². The lowest BCUT2D eigenvalue weighted by Gasteiger charge is -2.12. The molecule has 0 unspecified atom stereocenters. The average Bonchev–Trinajstić information content (AvgIpc) is 3.43. The second-order valence-electron chi connectivity index (χ2n) is 7.21. The molecule has 1 aliphatic heterocycles. The molecular weight excluding hydrogens is 416 g/mol. The second-order valence-corrected chi connectivity index (χ2v) is 9.16. The van der Waals surface area contributed by atoms with E-state index in [-0.39, 0.29) is 0 Å². The molecule has 8 nitrogen and oxygen atoms in total. The largest absolute Gasteiger partial charge is 0.330 e. The summed E-state index contributed by atoms with van der Waals surface area (Å²) in [6, 6.07) is 6.14. The summed E-state index contributed by atoms with van der Waals surface area (Å²) in [4.78, 5) is 17.5. The summed E-state index contributed by atoms with van der Waals surface area (Å²) in [5.41, 5.74) is 3.75. The SMILES string of the molecule is Cc1cc(C)n(-c2nc(/C=C3\Sc4ccsc4N3C)nc(-n3nc(C)cc3C)n2)n1. The van der Waals surface area contributed by atoms with Gasteiger partial charge in [-0.2, -0.15) is 25.1 Å². The first-order valence-corrected chi connectivity index (χ1v) is 11.1. The molecule has 0 amide bonds. The van der Waals surface area contributed by atoms with Gasteiger partial charge >= 0.3 is 0 Å². The number of thioether (sulfide) groups is 1. The molecular formula is C20H20N8S2. The van der Waals surface area contributed by atoms with Gasteiger partial charge < -0.3 is 4.90 Å². The molecule has 4 aromatic rings. The number of aryl methyl sites for hydroxylation is 4. The van der Waals surface area contributed by atoms with E-state index in [1.165, 1.54) is 9.90 Å². The molecule has 5 heterocycles. The average molecular weight is 437 g/mol. The van der Waals surface area contributed by atoms with Crippen molar-refractivity contribution in [3.8, 4) is 11.9 Å². The fourth-order valence-electron chi connectivity index (χ4n) is 3.42. The first-order chi connectivity index (χ1) is 14.4. The lowest BCUT2D eigenvalue weighted by molar-refractivity contribution is 0.714. The Bertz CT molecular complexity index is 1230. The fourth-order valence-corrected chi connectivity index (χ4v) is 5.58. The molecule has 5 rings (SSSR count). The summed E-state index contributed by atoms with van der Waals surface area (Å²) in [7, 11) is 2.06. The third kappa shape index (κ3) is 3.21. The van der Waals surface area contributed by atoms with Gasteiger partial charge in [-0.15, -0.1) is 11.3 Å². The Hall–Kier alpha value is -2.98. The lowest BCUT2D eigenvalue weighted by Crippen LogP contribution is -2.14. The van der Waals surface area contributed by atoms with Crippen LogP contribution in [0.25, 0.3) is 18.0 Å². The zero-order valence-corrected chi connectivity index (χ0v) is 18.9. The van der Waals surface area contributed by atoms with Gasteiger partial charge in [-0.3, -0.25) is 0 Å². The smallest absolute Gasteiger partial charge is 0.256 e. The molecule has 0 N–H and O–H groups in total. The van der Waals surface area contributed by atoms with Crippen LogP contribution in [0.3, 0.4) is 0 Å². The van der Waals surface area contributed by atoms with Gasteiger partial charge in [0.05, 0.1) is 16.4 Å². The Labute approximate surface area is 182 Å². The van der Waals surface area contributed by atoms with E-state index in [0.717, 1.165) is 27.8 Å².